The van der Waals surface area contributed by atoms with Gasteiger partial charge in [-0.25, -0.2) is 4.98 Å². The number of aryl methyl sites for hydroxylation is 1. The molecular weight excluding hydrogens is 222 g/mol. The van der Waals surface area contributed by atoms with Gasteiger partial charge in [0.1, 0.15) is 5.82 Å². The fraction of sp³-hybridized carbons (Fsp3) is 0.800. The molecule has 0 amide bonds. The first-order valence-corrected chi connectivity index (χ1v) is 7.61. The second-order valence-electron chi connectivity index (χ2n) is 5.40. The molecule has 0 radical (unpaired) electrons. The van der Waals surface area contributed by atoms with Crippen molar-refractivity contribution in [2.75, 3.05) is 6.54 Å². The third-order valence-electron chi connectivity index (χ3n) is 4.10. The average molecular weight is 249 g/mol. The van der Waals surface area contributed by atoms with E-state index >= 15 is 0 Å². The summed E-state index contributed by atoms with van der Waals surface area (Å²) in [7, 11) is 0. The highest BCUT2D eigenvalue weighted by atomic mass is 15.1. The van der Waals surface area contributed by atoms with Gasteiger partial charge in [-0.15, -0.1) is 0 Å². The topological polar surface area (TPSA) is 29.9 Å². The lowest BCUT2D eigenvalue weighted by Gasteiger charge is -2.31. The fourth-order valence-corrected chi connectivity index (χ4v) is 3.10. The smallest absolute Gasteiger partial charge is 0.126 e. The molecule has 1 aromatic rings. The summed E-state index contributed by atoms with van der Waals surface area (Å²) in [5.41, 5.74) is 0. The number of rotatable bonds is 6. The lowest BCUT2D eigenvalue weighted by Crippen LogP contribution is -2.32. The maximum absolute atomic E-state index is 4.62. The Morgan fingerprint density at radius 2 is 2.11 bits per heavy atom. The van der Waals surface area contributed by atoms with Gasteiger partial charge < -0.3 is 9.88 Å². The number of hydrogen-bond donors (Lipinski definition) is 1. The van der Waals surface area contributed by atoms with Crippen LogP contribution in [-0.4, -0.2) is 16.1 Å². The number of hydrogen-bond acceptors (Lipinski definition) is 2. The SMILES string of the molecule is CCCNC(c1nccn1CC)C1CCCCC1. The molecule has 1 N–H and O–H groups in total. The van der Waals surface area contributed by atoms with Crippen LogP contribution in [0.4, 0.5) is 0 Å². The van der Waals surface area contributed by atoms with Gasteiger partial charge in [0.05, 0.1) is 6.04 Å². The van der Waals surface area contributed by atoms with Gasteiger partial charge in [0.2, 0.25) is 0 Å². The molecule has 1 atom stereocenters. The largest absolute Gasteiger partial charge is 0.334 e. The van der Waals surface area contributed by atoms with Crippen LogP contribution in [0.15, 0.2) is 12.4 Å². The van der Waals surface area contributed by atoms with Crippen molar-refractivity contribution in [3.05, 3.63) is 18.2 Å². The Balaban J connectivity index is 2.12. The van der Waals surface area contributed by atoms with Crippen LogP contribution in [0.1, 0.15) is 64.2 Å². The Morgan fingerprint density at radius 1 is 1.33 bits per heavy atom. The lowest BCUT2D eigenvalue weighted by molar-refractivity contribution is 0.259. The Labute approximate surface area is 111 Å². The van der Waals surface area contributed by atoms with Crippen molar-refractivity contribution in [1.82, 2.24) is 14.9 Å². The zero-order chi connectivity index (χ0) is 12.8. The van der Waals surface area contributed by atoms with E-state index in [4.69, 9.17) is 0 Å². The molecule has 0 aliphatic heterocycles. The molecule has 1 saturated carbocycles. The summed E-state index contributed by atoms with van der Waals surface area (Å²) in [5.74, 6) is 2.02. The Hall–Kier alpha value is -0.830. The maximum atomic E-state index is 4.62. The third kappa shape index (κ3) is 3.14. The van der Waals surface area contributed by atoms with Crippen molar-refractivity contribution >= 4 is 0 Å². The first-order chi connectivity index (χ1) is 8.86. The normalized spacial score (nSPS) is 19.0. The van der Waals surface area contributed by atoms with Gasteiger partial charge in [-0.05, 0) is 38.6 Å². The van der Waals surface area contributed by atoms with Gasteiger partial charge in [-0.1, -0.05) is 26.2 Å². The van der Waals surface area contributed by atoms with E-state index in [-0.39, 0.29) is 0 Å². The summed E-state index contributed by atoms with van der Waals surface area (Å²) in [6, 6.07) is 0.459. The summed E-state index contributed by atoms with van der Waals surface area (Å²) >= 11 is 0. The lowest BCUT2D eigenvalue weighted by atomic mass is 9.83. The van der Waals surface area contributed by atoms with Crippen molar-refractivity contribution in [3.63, 3.8) is 0 Å². The molecular formula is C15H27N3. The maximum Gasteiger partial charge on any atom is 0.126 e. The predicted molar refractivity (Wildman–Crippen MR) is 75.5 cm³/mol. The summed E-state index contributed by atoms with van der Waals surface area (Å²) in [6.07, 6.45) is 12.2. The Kier molecular flexibility index (Phi) is 5.24. The minimum absolute atomic E-state index is 0.459. The first-order valence-electron chi connectivity index (χ1n) is 7.61. The number of nitrogens with one attached hydrogen (secondary N) is 1. The van der Waals surface area contributed by atoms with Gasteiger partial charge in [0.25, 0.3) is 0 Å². The monoisotopic (exact) mass is 249 g/mol. The number of nitrogens with zero attached hydrogens (tertiary/aromatic N) is 2. The van der Waals surface area contributed by atoms with Crippen LogP contribution in [0.25, 0.3) is 0 Å². The summed E-state index contributed by atoms with van der Waals surface area (Å²) in [6.45, 7) is 6.55. The van der Waals surface area contributed by atoms with Crippen LogP contribution in [0.3, 0.4) is 0 Å². The predicted octanol–water partition coefficient (Wildman–Crippen LogP) is 3.52. The van der Waals surface area contributed by atoms with Gasteiger partial charge in [0, 0.05) is 18.9 Å². The van der Waals surface area contributed by atoms with E-state index in [1.165, 1.54) is 44.3 Å². The third-order valence-corrected chi connectivity index (χ3v) is 4.10. The molecule has 0 saturated heterocycles. The molecule has 0 bridgehead atoms. The molecule has 1 fully saturated rings. The molecule has 3 nitrogen and oxygen atoms in total. The molecule has 0 spiro atoms. The molecule has 1 aliphatic carbocycles. The van der Waals surface area contributed by atoms with Gasteiger partial charge in [-0.3, -0.25) is 0 Å². The Morgan fingerprint density at radius 3 is 2.78 bits per heavy atom. The zero-order valence-electron chi connectivity index (χ0n) is 11.9. The Bertz CT molecular complexity index is 339. The van der Waals surface area contributed by atoms with E-state index in [0.29, 0.717) is 6.04 Å². The quantitative estimate of drug-likeness (QED) is 0.836. The second kappa shape index (κ2) is 6.93. The average Bonchev–Trinajstić information content (AvgIpc) is 2.89. The molecule has 1 heterocycles. The minimum atomic E-state index is 0.459. The van der Waals surface area contributed by atoms with Crippen LogP contribution < -0.4 is 5.32 Å². The van der Waals surface area contributed by atoms with E-state index < -0.39 is 0 Å². The summed E-state index contributed by atoms with van der Waals surface area (Å²) in [4.78, 5) is 4.62. The van der Waals surface area contributed by atoms with Crippen molar-refractivity contribution < 1.29 is 0 Å². The van der Waals surface area contributed by atoms with E-state index in [0.717, 1.165) is 19.0 Å². The van der Waals surface area contributed by atoms with Crippen molar-refractivity contribution in [1.29, 1.82) is 0 Å². The van der Waals surface area contributed by atoms with E-state index in [1.807, 2.05) is 6.20 Å². The molecule has 1 aromatic heterocycles. The highest BCUT2D eigenvalue weighted by Gasteiger charge is 2.27. The first kappa shape index (κ1) is 13.6. The van der Waals surface area contributed by atoms with E-state index in [2.05, 4.69) is 34.9 Å². The molecule has 0 aromatic carbocycles. The van der Waals surface area contributed by atoms with Crippen LogP contribution in [0.2, 0.25) is 0 Å². The molecule has 18 heavy (non-hydrogen) atoms. The molecule has 102 valence electrons. The zero-order valence-corrected chi connectivity index (χ0v) is 11.9. The van der Waals surface area contributed by atoms with Gasteiger partial charge in [0.15, 0.2) is 0 Å². The fourth-order valence-electron chi connectivity index (χ4n) is 3.10. The second-order valence-corrected chi connectivity index (χ2v) is 5.40. The van der Waals surface area contributed by atoms with Crippen molar-refractivity contribution in [3.8, 4) is 0 Å². The van der Waals surface area contributed by atoms with Crippen molar-refractivity contribution in [2.45, 2.75) is 65.0 Å². The van der Waals surface area contributed by atoms with Crippen LogP contribution in [-0.2, 0) is 6.54 Å². The van der Waals surface area contributed by atoms with Crippen LogP contribution in [0.5, 0.6) is 0 Å². The molecule has 3 heteroatoms. The standard InChI is InChI=1S/C15H27N3/c1-3-10-16-14(13-8-6-5-7-9-13)15-17-11-12-18(15)4-2/h11-14,16H,3-10H2,1-2H3. The van der Waals surface area contributed by atoms with E-state index in [1.54, 1.807) is 0 Å². The summed E-state index contributed by atoms with van der Waals surface area (Å²) in [5, 5.41) is 3.73. The summed E-state index contributed by atoms with van der Waals surface area (Å²) < 4.78 is 2.29. The van der Waals surface area contributed by atoms with Crippen molar-refractivity contribution in [2.24, 2.45) is 5.92 Å². The molecule has 2 rings (SSSR count). The van der Waals surface area contributed by atoms with Gasteiger partial charge >= 0.3 is 0 Å². The number of imidazole rings is 1. The number of aromatic nitrogens is 2. The molecule has 1 aliphatic rings. The van der Waals surface area contributed by atoms with E-state index in [9.17, 15) is 0 Å². The van der Waals surface area contributed by atoms with Gasteiger partial charge in [-0.2, -0.15) is 0 Å². The molecule has 1 unspecified atom stereocenters. The van der Waals surface area contributed by atoms with Crippen LogP contribution >= 0.6 is 0 Å². The van der Waals surface area contributed by atoms with Crippen LogP contribution in [0, 0.1) is 5.92 Å². The minimum Gasteiger partial charge on any atom is -0.334 e. The highest BCUT2D eigenvalue weighted by molar-refractivity contribution is 5.02. The highest BCUT2D eigenvalue weighted by Crippen LogP contribution is 2.33.